The fraction of sp³-hybridized carbons (Fsp3) is 0.300. The Morgan fingerprint density at radius 3 is 2.55 bits per heavy atom. The van der Waals surface area contributed by atoms with Gasteiger partial charge < -0.3 is 4.90 Å². The van der Waals surface area contributed by atoms with Crippen LogP contribution in [-0.4, -0.2) is 57.6 Å². The molecule has 0 radical (unpaired) electrons. The van der Waals surface area contributed by atoms with Crippen LogP contribution >= 0.6 is 27.3 Å². The molecule has 0 atom stereocenters. The number of halogens is 1. The van der Waals surface area contributed by atoms with Crippen LogP contribution in [-0.2, 0) is 9.84 Å². The third-order valence-corrected chi connectivity index (χ3v) is 7.01. The molecule has 0 spiro atoms. The van der Waals surface area contributed by atoms with E-state index in [1.54, 1.807) is 23.1 Å². The summed E-state index contributed by atoms with van der Waals surface area (Å²) in [6.45, 7) is 1.24. The van der Waals surface area contributed by atoms with Crippen LogP contribution in [0.25, 0.3) is 10.2 Å². The largest absolute Gasteiger partial charge is 0.309 e. The minimum Gasteiger partial charge on any atom is -0.309 e. The molecule has 0 fully saturated rings. The second-order valence-corrected chi connectivity index (χ2v) is 10.9. The van der Waals surface area contributed by atoms with Crippen LogP contribution in [0.2, 0.25) is 0 Å². The standard InChI is InChI=1S/C20H22BrN3O3S2/c1-23(2)11-6-12-24(20-22-16-10-9-14(21)13-17(16)28-20)19(25)15-7-4-5-8-18(15)29(3,26)27/h4-5,7-10,13H,6,11-12H2,1-3H3. The zero-order valence-electron chi connectivity index (χ0n) is 16.4. The molecule has 6 nitrogen and oxygen atoms in total. The van der Waals surface area contributed by atoms with Crippen LogP contribution < -0.4 is 4.90 Å². The number of thiazole rings is 1. The van der Waals surface area contributed by atoms with Crippen LogP contribution in [0.3, 0.4) is 0 Å². The fourth-order valence-electron chi connectivity index (χ4n) is 2.94. The molecule has 0 bridgehead atoms. The molecule has 1 amide bonds. The number of sulfone groups is 1. The lowest BCUT2D eigenvalue weighted by atomic mass is 10.2. The van der Waals surface area contributed by atoms with E-state index in [1.165, 1.54) is 17.4 Å². The molecule has 3 aromatic rings. The highest BCUT2D eigenvalue weighted by atomic mass is 79.9. The number of carbonyl (C=O) groups excluding carboxylic acids is 1. The Bertz CT molecular complexity index is 1140. The Labute approximate surface area is 183 Å². The van der Waals surface area contributed by atoms with Gasteiger partial charge in [-0.05, 0) is 57.4 Å². The number of nitrogens with zero attached hydrogens (tertiary/aromatic N) is 3. The third-order valence-electron chi connectivity index (χ3n) is 4.32. The second-order valence-electron chi connectivity index (χ2n) is 6.99. The van der Waals surface area contributed by atoms with Gasteiger partial charge in [0.05, 0.1) is 20.7 Å². The maximum absolute atomic E-state index is 13.4. The molecule has 0 saturated carbocycles. The lowest BCUT2D eigenvalue weighted by molar-refractivity contribution is 0.0983. The van der Waals surface area contributed by atoms with Crippen LogP contribution in [0.15, 0.2) is 51.8 Å². The van der Waals surface area contributed by atoms with Gasteiger partial charge in [-0.1, -0.05) is 39.4 Å². The number of rotatable bonds is 7. The molecule has 1 heterocycles. The summed E-state index contributed by atoms with van der Waals surface area (Å²) in [6.07, 6.45) is 1.85. The SMILES string of the molecule is CN(C)CCCN(C(=O)c1ccccc1S(C)(=O)=O)c1nc2ccc(Br)cc2s1. The Kier molecular flexibility index (Phi) is 6.72. The molecule has 0 unspecified atom stereocenters. The number of hydrogen-bond donors (Lipinski definition) is 0. The van der Waals surface area contributed by atoms with Gasteiger partial charge in [-0.2, -0.15) is 0 Å². The fourth-order valence-corrected chi connectivity index (χ4v) is 5.37. The number of fused-ring (bicyclic) bond motifs is 1. The Morgan fingerprint density at radius 2 is 1.86 bits per heavy atom. The van der Waals surface area contributed by atoms with Crippen molar-refractivity contribution in [2.45, 2.75) is 11.3 Å². The van der Waals surface area contributed by atoms with E-state index in [0.717, 1.165) is 33.9 Å². The summed E-state index contributed by atoms with van der Waals surface area (Å²) in [6, 6.07) is 12.1. The average Bonchev–Trinajstić information content (AvgIpc) is 3.06. The van der Waals surface area contributed by atoms with Crippen molar-refractivity contribution in [2.75, 3.05) is 38.3 Å². The van der Waals surface area contributed by atoms with Crippen molar-refractivity contribution >= 4 is 58.4 Å². The van der Waals surface area contributed by atoms with E-state index in [1.807, 2.05) is 37.2 Å². The summed E-state index contributed by atoms with van der Waals surface area (Å²) in [5.41, 5.74) is 0.968. The summed E-state index contributed by atoms with van der Waals surface area (Å²) in [4.78, 5) is 21.7. The first-order valence-corrected chi connectivity index (χ1v) is 12.5. The first-order chi connectivity index (χ1) is 13.7. The summed E-state index contributed by atoms with van der Waals surface area (Å²) in [5.74, 6) is -0.358. The molecule has 154 valence electrons. The van der Waals surface area contributed by atoms with Crippen molar-refractivity contribution < 1.29 is 13.2 Å². The summed E-state index contributed by atoms with van der Waals surface area (Å²) in [5, 5.41) is 0.560. The predicted molar refractivity (Wildman–Crippen MR) is 122 cm³/mol. The van der Waals surface area contributed by atoms with Crippen LogP contribution in [0, 0.1) is 0 Å². The van der Waals surface area contributed by atoms with Gasteiger partial charge in [0.15, 0.2) is 15.0 Å². The van der Waals surface area contributed by atoms with Gasteiger partial charge in [-0.15, -0.1) is 0 Å². The normalized spacial score (nSPS) is 11.9. The van der Waals surface area contributed by atoms with Crippen LogP contribution in [0.5, 0.6) is 0 Å². The lowest BCUT2D eigenvalue weighted by Crippen LogP contribution is -2.34. The highest BCUT2D eigenvalue weighted by molar-refractivity contribution is 9.10. The molecule has 0 saturated heterocycles. The monoisotopic (exact) mass is 495 g/mol. The molecule has 2 aromatic carbocycles. The van der Waals surface area contributed by atoms with Crippen LogP contribution in [0.4, 0.5) is 5.13 Å². The van der Waals surface area contributed by atoms with Gasteiger partial charge in [0.1, 0.15) is 0 Å². The summed E-state index contributed by atoms with van der Waals surface area (Å²) in [7, 11) is 0.408. The first kappa shape index (κ1) is 21.9. The van der Waals surface area contributed by atoms with Gasteiger partial charge >= 0.3 is 0 Å². The van der Waals surface area contributed by atoms with E-state index >= 15 is 0 Å². The van der Waals surface area contributed by atoms with E-state index < -0.39 is 9.84 Å². The van der Waals surface area contributed by atoms with Crippen molar-refractivity contribution in [1.29, 1.82) is 0 Å². The van der Waals surface area contributed by atoms with E-state index in [9.17, 15) is 13.2 Å². The summed E-state index contributed by atoms with van der Waals surface area (Å²) < 4.78 is 26.3. The minimum absolute atomic E-state index is 0.0338. The third kappa shape index (κ3) is 5.22. The van der Waals surface area contributed by atoms with Crippen molar-refractivity contribution in [3.63, 3.8) is 0 Å². The number of anilines is 1. The van der Waals surface area contributed by atoms with Crippen molar-refractivity contribution in [3.05, 3.63) is 52.5 Å². The van der Waals surface area contributed by atoms with Gasteiger partial charge in [-0.3, -0.25) is 9.69 Å². The second kappa shape index (κ2) is 8.91. The van der Waals surface area contributed by atoms with E-state index in [4.69, 9.17) is 0 Å². The number of hydrogen-bond acceptors (Lipinski definition) is 6. The summed E-state index contributed by atoms with van der Waals surface area (Å²) >= 11 is 4.88. The van der Waals surface area contributed by atoms with E-state index in [-0.39, 0.29) is 16.4 Å². The van der Waals surface area contributed by atoms with Crippen molar-refractivity contribution in [3.8, 4) is 0 Å². The quantitative estimate of drug-likeness (QED) is 0.494. The van der Waals surface area contributed by atoms with Gasteiger partial charge in [0.25, 0.3) is 5.91 Å². The molecule has 0 aliphatic rings. The zero-order chi connectivity index (χ0) is 21.2. The molecule has 1 aromatic heterocycles. The molecule has 9 heteroatoms. The molecular weight excluding hydrogens is 474 g/mol. The molecule has 29 heavy (non-hydrogen) atoms. The predicted octanol–water partition coefficient (Wildman–Crippen LogP) is 4.06. The van der Waals surface area contributed by atoms with Crippen LogP contribution in [0.1, 0.15) is 16.8 Å². The van der Waals surface area contributed by atoms with Gasteiger partial charge in [0.2, 0.25) is 0 Å². The lowest BCUT2D eigenvalue weighted by Gasteiger charge is -2.22. The van der Waals surface area contributed by atoms with Crippen molar-refractivity contribution in [2.24, 2.45) is 0 Å². The van der Waals surface area contributed by atoms with Gasteiger partial charge in [0, 0.05) is 17.3 Å². The van der Waals surface area contributed by atoms with Gasteiger partial charge in [-0.25, -0.2) is 13.4 Å². The minimum atomic E-state index is -3.54. The topological polar surface area (TPSA) is 70.6 Å². The molecule has 0 aliphatic heterocycles. The first-order valence-electron chi connectivity index (χ1n) is 8.98. The maximum Gasteiger partial charge on any atom is 0.261 e. The maximum atomic E-state index is 13.4. The molecule has 3 rings (SSSR count). The molecule has 0 aliphatic carbocycles. The average molecular weight is 496 g/mol. The van der Waals surface area contributed by atoms with Crippen molar-refractivity contribution in [1.82, 2.24) is 9.88 Å². The number of amides is 1. The zero-order valence-corrected chi connectivity index (χ0v) is 19.6. The molecular formula is C20H22BrN3O3S2. The Balaban J connectivity index is 2.04. The number of benzene rings is 2. The number of aromatic nitrogens is 1. The highest BCUT2D eigenvalue weighted by Crippen LogP contribution is 2.32. The highest BCUT2D eigenvalue weighted by Gasteiger charge is 2.26. The Hall–Kier alpha value is -1.81. The van der Waals surface area contributed by atoms with E-state index in [2.05, 4.69) is 20.9 Å². The van der Waals surface area contributed by atoms with E-state index in [0.29, 0.717) is 11.7 Å². The number of carbonyl (C=O) groups is 1. The molecule has 0 N–H and O–H groups in total. The Morgan fingerprint density at radius 1 is 1.14 bits per heavy atom. The smallest absolute Gasteiger partial charge is 0.261 e.